The fourth-order valence-corrected chi connectivity index (χ4v) is 4.75. The highest BCUT2D eigenvalue weighted by molar-refractivity contribution is 5.24. The molecule has 134 valence electrons. The molecule has 0 spiro atoms. The third-order valence-electron chi connectivity index (χ3n) is 5.94. The van der Waals surface area contributed by atoms with Gasteiger partial charge in [0.25, 0.3) is 0 Å². The van der Waals surface area contributed by atoms with E-state index in [1.165, 1.54) is 0 Å². The van der Waals surface area contributed by atoms with Crippen LogP contribution >= 0.6 is 0 Å². The van der Waals surface area contributed by atoms with Crippen molar-refractivity contribution in [3.8, 4) is 0 Å². The van der Waals surface area contributed by atoms with Gasteiger partial charge in [0, 0.05) is 0 Å². The van der Waals surface area contributed by atoms with Crippen molar-refractivity contribution < 1.29 is 22.0 Å². The molecule has 1 aromatic rings. The second kappa shape index (κ2) is 7.01. The van der Waals surface area contributed by atoms with Crippen molar-refractivity contribution in [1.82, 2.24) is 0 Å². The number of benzene rings is 1. The van der Waals surface area contributed by atoms with Crippen molar-refractivity contribution >= 4 is 0 Å². The predicted molar refractivity (Wildman–Crippen MR) is 82.7 cm³/mol. The van der Waals surface area contributed by atoms with Crippen LogP contribution in [0, 0.1) is 35.2 Å². The highest BCUT2D eigenvalue weighted by atomic mass is 19.2. The number of hydrogen-bond donors (Lipinski definition) is 0. The Morgan fingerprint density at radius 3 is 2.25 bits per heavy atom. The normalized spacial score (nSPS) is 36.4. The maximum atomic E-state index is 14.8. The molecular formula is C19H23F5. The van der Waals surface area contributed by atoms with E-state index in [0.717, 1.165) is 25.0 Å². The first kappa shape index (κ1) is 17.7. The molecule has 2 aliphatic carbocycles. The summed E-state index contributed by atoms with van der Waals surface area (Å²) < 4.78 is 69.4. The summed E-state index contributed by atoms with van der Waals surface area (Å²) in [4.78, 5) is 0. The van der Waals surface area contributed by atoms with E-state index in [0.29, 0.717) is 19.3 Å². The number of alkyl halides is 2. The molecule has 0 aliphatic heterocycles. The molecule has 2 fully saturated rings. The first-order valence-corrected chi connectivity index (χ1v) is 8.84. The van der Waals surface area contributed by atoms with Crippen molar-refractivity contribution in [1.29, 1.82) is 0 Å². The molecule has 6 atom stereocenters. The van der Waals surface area contributed by atoms with Gasteiger partial charge in [-0.15, -0.1) is 0 Å². The van der Waals surface area contributed by atoms with Gasteiger partial charge >= 0.3 is 0 Å². The lowest BCUT2D eigenvalue weighted by Gasteiger charge is -2.20. The summed E-state index contributed by atoms with van der Waals surface area (Å²) in [5, 5.41) is 0. The zero-order valence-corrected chi connectivity index (χ0v) is 13.8. The summed E-state index contributed by atoms with van der Waals surface area (Å²) in [6.45, 7) is 2.00. The summed E-state index contributed by atoms with van der Waals surface area (Å²) in [6.07, 6.45) is 1.16. The summed E-state index contributed by atoms with van der Waals surface area (Å²) in [5.74, 6) is -5.10. The van der Waals surface area contributed by atoms with Crippen LogP contribution in [0.4, 0.5) is 22.0 Å². The van der Waals surface area contributed by atoms with Crippen molar-refractivity contribution in [3.63, 3.8) is 0 Å². The molecule has 0 radical (unpaired) electrons. The average molecular weight is 346 g/mol. The standard InChI is InChI=1S/C19H23F5/c1-2-3-11-6-14-13(18(11)23)5-4-10(7-15(14)20)12-8-16(21)19(24)17(22)9-12/h8-11,13-15,18H,2-7H2,1H3. The molecule has 2 saturated carbocycles. The second-order valence-corrected chi connectivity index (χ2v) is 7.38. The average Bonchev–Trinajstić information content (AvgIpc) is 2.75. The van der Waals surface area contributed by atoms with E-state index in [-0.39, 0.29) is 29.7 Å². The largest absolute Gasteiger partial charge is 0.247 e. The number of rotatable bonds is 3. The van der Waals surface area contributed by atoms with Crippen LogP contribution in [0.15, 0.2) is 12.1 Å². The zero-order chi connectivity index (χ0) is 17.4. The Morgan fingerprint density at radius 2 is 1.62 bits per heavy atom. The van der Waals surface area contributed by atoms with Gasteiger partial charge in [0.05, 0.1) is 0 Å². The molecule has 0 heterocycles. The fourth-order valence-electron chi connectivity index (χ4n) is 4.75. The molecule has 0 aromatic heterocycles. The van der Waals surface area contributed by atoms with E-state index in [1.807, 2.05) is 6.92 Å². The molecule has 24 heavy (non-hydrogen) atoms. The number of hydrogen-bond acceptors (Lipinski definition) is 0. The van der Waals surface area contributed by atoms with Gasteiger partial charge in [-0.25, -0.2) is 22.0 Å². The lowest BCUT2D eigenvalue weighted by atomic mass is 9.88. The first-order chi connectivity index (χ1) is 11.4. The van der Waals surface area contributed by atoms with Crippen LogP contribution in [0.5, 0.6) is 0 Å². The van der Waals surface area contributed by atoms with E-state index in [4.69, 9.17) is 0 Å². The van der Waals surface area contributed by atoms with Crippen molar-refractivity contribution in [2.45, 2.75) is 63.7 Å². The van der Waals surface area contributed by atoms with E-state index in [9.17, 15) is 22.0 Å². The SMILES string of the molecule is CCCC1CC2C(F)CC(c3cc(F)c(F)c(F)c3)CCC2C1F. The highest BCUT2D eigenvalue weighted by Crippen LogP contribution is 2.50. The van der Waals surface area contributed by atoms with Crippen molar-refractivity contribution in [2.75, 3.05) is 0 Å². The van der Waals surface area contributed by atoms with E-state index < -0.39 is 35.7 Å². The minimum absolute atomic E-state index is 0.0690. The van der Waals surface area contributed by atoms with Gasteiger partial charge in [0.1, 0.15) is 12.3 Å². The van der Waals surface area contributed by atoms with E-state index >= 15 is 0 Å². The van der Waals surface area contributed by atoms with Crippen molar-refractivity contribution in [3.05, 3.63) is 35.1 Å². The Kier molecular flexibility index (Phi) is 5.16. The summed E-state index contributed by atoms with van der Waals surface area (Å²) in [7, 11) is 0. The molecule has 3 rings (SSSR count). The molecule has 0 nitrogen and oxygen atoms in total. The molecule has 0 amide bonds. The summed E-state index contributed by atoms with van der Waals surface area (Å²) in [5.41, 5.74) is 0.273. The van der Waals surface area contributed by atoms with Gasteiger partial charge in [-0.3, -0.25) is 0 Å². The smallest absolute Gasteiger partial charge is 0.194 e. The lowest BCUT2D eigenvalue weighted by molar-refractivity contribution is 0.145. The Bertz CT molecular complexity index is 564. The molecule has 2 aliphatic rings. The molecule has 0 N–H and O–H groups in total. The molecule has 1 aromatic carbocycles. The number of halogens is 5. The predicted octanol–water partition coefficient (Wildman–Crippen LogP) is 6.10. The molecule has 6 unspecified atom stereocenters. The van der Waals surface area contributed by atoms with Crippen LogP contribution in [-0.2, 0) is 0 Å². The maximum Gasteiger partial charge on any atom is 0.194 e. The minimum atomic E-state index is -1.51. The van der Waals surface area contributed by atoms with Gasteiger partial charge in [0.15, 0.2) is 17.5 Å². The van der Waals surface area contributed by atoms with Crippen LogP contribution in [0.1, 0.15) is 56.9 Å². The van der Waals surface area contributed by atoms with Crippen LogP contribution in [0.2, 0.25) is 0 Å². The summed E-state index contributed by atoms with van der Waals surface area (Å²) in [6, 6.07) is 1.90. The van der Waals surface area contributed by atoms with Crippen LogP contribution < -0.4 is 0 Å². The Balaban J connectivity index is 1.78. The Hall–Kier alpha value is -1.13. The summed E-state index contributed by atoms with van der Waals surface area (Å²) >= 11 is 0. The molecule has 5 heteroatoms. The fraction of sp³-hybridized carbons (Fsp3) is 0.684. The monoisotopic (exact) mass is 346 g/mol. The van der Waals surface area contributed by atoms with Gasteiger partial charge < -0.3 is 0 Å². The zero-order valence-electron chi connectivity index (χ0n) is 13.8. The maximum absolute atomic E-state index is 14.8. The van der Waals surface area contributed by atoms with Crippen LogP contribution in [0.25, 0.3) is 0 Å². The number of fused-ring (bicyclic) bond motifs is 1. The molecule has 0 bridgehead atoms. The Morgan fingerprint density at radius 1 is 0.958 bits per heavy atom. The van der Waals surface area contributed by atoms with Gasteiger partial charge in [-0.2, -0.15) is 0 Å². The third-order valence-corrected chi connectivity index (χ3v) is 5.94. The lowest BCUT2D eigenvalue weighted by Crippen LogP contribution is -2.22. The first-order valence-electron chi connectivity index (χ1n) is 8.84. The van der Waals surface area contributed by atoms with E-state index in [2.05, 4.69) is 0 Å². The van der Waals surface area contributed by atoms with Gasteiger partial charge in [0.2, 0.25) is 0 Å². The van der Waals surface area contributed by atoms with Crippen molar-refractivity contribution in [2.24, 2.45) is 17.8 Å². The molecular weight excluding hydrogens is 323 g/mol. The Labute approximate surface area is 139 Å². The van der Waals surface area contributed by atoms with Crippen LogP contribution in [0.3, 0.4) is 0 Å². The molecule has 0 saturated heterocycles. The third kappa shape index (κ3) is 3.18. The minimum Gasteiger partial charge on any atom is -0.247 e. The topological polar surface area (TPSA) is 0 Å². The quantitative estimate of drug-likeness (QED) is 0.458. The van der Waals surface area contributed by atoms with Crippen LogP contribution in [-0.4, -0.2) is 12.3 Å². The van der Waals surface area contributed by atoms with E-state index in [1.54, 1.807) is 0 Å². The highest BCUT2D eigenvalue weighted by Gasteiger charge is 2.48. The second-order valence-electron chi connectivity index (χ2n) is 7.38. The van der Waals surface area contributed by atoms with Gasteiger partial charge in [-0.1, -0.05) is 13.3 Å². The van der Waals surface area contributed by atoms with Gasteiger partial charge in [-0.05, 0) is 73.5 Å².